The minimum absolute atomic E-state index is 0.583. The van der Waals surface area contributed by atoms with Crippen LogP contribution in [0.5, 0.6) is 0 Å². The number of aliphatic hydroxyl groups is 2. The van der Waals surface area contributed by atoms with Crippen molar-refractivity contribution in [1.29, 1.82) is 0 Å². The smallest absolute Gasteiger partial charge is 0.332 e. The van der Waals surface area contributed by atoms with Crippen LogP contribution in [0.15, 0.2) is 0 Å². The van der Waals surface area contributed by atoms with Crippen LogP contribution >= 0.6 is 0 Å². The van der Waals surface area contributed by atoms with Gasteiger partial charge in [0.25, 0.3) is 0 Å². The van der Waals surface area contributed by atoms with Gasteiger partial charge >= 0.3 is 5.97 Å². The van der Waals surface area contributed by atoms with Crippen LogP contribution in [0, 0.1) is 0 Å². The van der Waals surface area contributed by atoms with Gasteiger partial charge < -0.3 is 29.5 Å². The largest absolute Gasteiger partial charge is 0.479 e. The highest BCUT2D eigenvalue weighted by Gasteiger charge is 2.44. The molecule has 17 heavy (non-hydrogen) atoms. The van der Waals surface area contributed by atoms with Gasteiger partial charge in [-0.15, -0.1) is 0 Å². The first-order valence-electron chi connectivity index (χ1n) is 5.31. The summed E-state index contributed by atoms with van der Waals surface area (Å²) in [5, 5.41) is 28.2. The van der Waals surface area contributed by atoms with E-state index in [-0.39, 0.29) is 0 Å². The number of aliphatic carboxylic acids is 1. The summed E-state index contributed by atoms with van der Waals surface area (Å²) in [4.78, 5) is 10.7. The predicted molar refractivity (Wildman–Crippen MR) is 55.3 cm³/mol. The normalized spacial score (nSPS) is 39.9. The number of carboxylic acid groups (broad SMARTS) is 1. The lowest BCUT2D eigenvalue weighted by molar-refractivity contribution is -0.297. The van der Waals surface area contributed by atoms with Crippen LogP contribution < -0.4 is 0 Å². The first kappa shape index (κ1) is 14.3. The van der Waals surface area contributed by atoms with Crippen molar-refractivity contribution in [3.8, 4) is 0 Å². The van der Waals surface area contributed by atoms with E-state index in [0.717, 1.165) is 0 Å². The van der Waals surface area contributed by atoms with E-state index in [1.165, 1.54) is 14.0 Å². The van der Waals surface area contributed by atoms with Crippen LogP contribution in [-0.4, -0.2) is 65.2 Å². The molecule has 7 heteroatoms. The van der Waals surface area contributed by atoms with E-state index < -0.39 is 42.8 Å². The molecule has 0 aromatic rings. The fraction of sp³-hybridized carbons (Fsp3) is 0.900. The van der Waals surface area contributed by atoms with Gasteiger partial charge in [0, 0.05) is 7.11 Å². The van der Waals surface area contributed by atoms with E-state index in [0.29, 0.717) is 0 Å². The third kappa shape index (κ3) is 3.14. The van der Waals surface area contributed by atoms with Gasteiger partial charge in [0.1, 0.15) is 18.3 Å². The van der Waals surface area contributed by atoms with Crippen molar-refractivity contribution in [2.24, 2.45) is 0 Å². The van der Waals surface area contributed by atoms with Crippen LogP contribution in [0.4, 0.5) is 0 Å². The molecule has 1 saturated heterocycles. The topological polar surface area (TPSA) is 105 Å². The number of methoxy groups -OCH3 is 1. The number of rotatable bonds is 4. The summed E-state index contributed by atoms with van der Waals surface area (Å²) in [5.74, 6) is -1.15. The van der Waals surface area contributed by atoms with Crippen molar-refractivity contribution in [3.63, 3.8) is 0 Å². The molecular weight excluding hydrogens is 232 g/mol. The zero-order valence-electron chi connectivity index (χ0n) is 9.94. The molecule has 0 saturated carbocycles. The van der Waals surface area contributed by atoms with Crippen LogP contribution in [-0.2, 0) is 19.0 Å². The first-order chi connectivity index (χ1) is 7.88. The molecule has 6 atom stereocenters. The minimum atomic E-state index is -1.28. The summed E-state index contributed by atoms with van der Waals surface area (Å²) in [6, 6.07) is 0. The third-order valence-electron chi connectivity index (χ3n) is 2.72. The summed E-state index contributed by atoms with van der Waals surface area (Å²) in [5.41, 5.74) is 0. The van der Waals surface area contributed by atoms with E-state index in [1.807, 2.05) is 0 Å². The summed E-state index contributed by atoms with van der Waals surface area (Å²) < 4.78 is 15.3. The van der Waals surface area contributed by atoms with Crippen molar-refractivity contribution in [3.05, 3.63) is 0 Å². The van der Waals surface area contributed by atoms with Crippen LogP contribution in [0.3, 0.4) is 0 Å². The maximum atomic E-state index is 10.7. The Bertz CT molecular complexity index is 269. The molecule has 0 aromatic heterocycles. The highest BCUT2D eigenvalue weighted by atomic mass is 16.7. The Balaban J connectivity index is 2.69. The third-order valence-corrected chi connectivity index (χ3v) is 2.72. The summed E-state index contributed by atoms with van der Waals surface area (Å²) >= 11 is 0. The molecule has 3 unspecified atom stereocenters. The van der Waals surface area contributed by atoms with E-state index >= 15 is 0 Å². The molecule has 0 aromatic carbocycles. The lowest BCUT2D eigenvalue weighted by atomic mass is 9.99. The Morgan fingerprint density at radius 3 is 2.41 bits per heavy atom. The molecule has 1 fully saturated rings. The van der Waals surface area contributed by atoms with Gasteiger partial charge in [-0.3, -0.25) is 0 Å². The van der Waals surface area contributed by atoms with E-state index in [1.54, 1.807) is 6.92 Å². The standard InChI is InChI=1S/C10H18O7/c1-4-8(16-5(2)9(13)14)6(11)7(12)10(15-3)17-4/h4-8,10-12H,1-3H3,(H,13,14)/t4-,5+,6?,7?,8?,10+/m0/s1. The quantitative estimate of drug-likeness (QED) is 0.585. The molecule has 100 valence electrons. The van der Waals surface area contributed by atoms with Gasteiger partial charge in [0.05, 0.1) is 6.10 Å². The molecule has 7 nitrogen and oxygen atoms in total. The maximum Gasteiger partial charge on any atom is 0.332 e. The number of aliphatic hydroxyl groups excluding tert-OH is 2. The second-order valence-electron chi connectivity index (χ2n) is 4.01. The lowest BCUT2D eigenvalue weighted by Gasteiger charge is -2.41. The van der Waals surface area contributed by atoms with Crippen molar-refractivity contribution in [2.45, 2.75) is 50.7 Å². The molecule has 0 radical (unpaired) electrons. The number of carbonyl (C=O) groups is 1. The Labute approximate surface area is 98.9 Å². The molecule has 0 aliphatic carbocycles. The summed E-state index contributed by atoms with van der Waals surface area (Å²) in [6.45, 7) is 2.96. The zero-order valence-corrected chi connectivity index (χ0v) is 9.94. The average Bonchev–Trinajstić information content (AvgIpc) is 2.28. The van der Waals surface area contributed by atoms with Crippen molar-refractivity contribution < 1.29 is 34.3 Å². The Kier molecular flexibility index (Phi) is 4.84. The maximum absolute atomic E-state index is 10.7. The van der Waals surface area contributed by atoms with Gasteiger partial charge in [-0.05, 0) is 13.8 Å². The van der Waals surface area contributed by atoms with Crippen molar-refractivity contribution in [1.82, 2.24) is 0 Å². The number of carboxylic acids is 1. The second-order valence-corrected chi connectivity index (χ2v) is 4.01. The minimum Gasteiger partial charge on any atom is -0.479 e. The predicted octanol–water partition coefficient (Wildman–Crippen LogP) is -1.04. The molecular formula is C10H18O7. The number of ether oxygens (including phenoxy) is 3. The van der Waals surface area contributed by atoms with E-state index in [2.05, 4.69) is 0 Å². The molecule has 1 aliphatic heterocycles. The molecule has 1 aliphatic rings. The number of hydrogen-bond donors (Lipinski definition) is 3. The van der Waals surface area contributed by atoms with Gasteiger partial charge in [-0.2, -0.15) is 0 Å². The molecule has 0 amide bonds. The Morgan fingerprint density at radius 2 is 1.94 bits per heavy atom. The van der Waals surface area contributed by atoms with Crippen molar-refractivity contribution >= 4 is 5.97 Å². The summed E-state index contributed by atoms with van der Waals surface area (Å²) in [6.07, 6.45) is -6.07. The highest BCUT2D eigenvalue weighted by Crippen LogP contribution is 2.24. The number of hydrogen-bond acceptors (Lipinski definition) is 6. The molecule has 0 bridgehead atoms. The molecule has 1 rings (SSSR count). The van der Waals surface area contributed by atoms with E-state index in [4.69, 9.17) is 19.3 Å². The Hall–Kier alpha value is -0.730. The molecule has 0 spiro atoms. The van der Waals surface area contributed by atoms with Gasteiger partial charge in [-0.25, -0.2) is 4.79 Å². The van der Waals surface area contributed by atoms with E-state index in [9.17, 15) is 15.0 Å². The zero-order chi connectivity index (χ0) is 13.2. The monoisotopic (exact) mass is 250 g/mol. The SMILES string of the molecule is CO[C@@H]1O[C@@H](C)C(O[C@H](C)C(=O)O)C(O)C1O. The first-order valence-corrected chi connectivity index (χ1v) is 5.31. The van der Waals surface area contributed by atoms with Crippen LogP contribution in [0.25, 0.3) is 0 Å². The van der Waals surface area contributed by atoms with Gasteiger partial charge in [0.15, 0.2) is 12.4 Å². The lowest BCUT2D eigenvalue weighted by Crippen LogP contribution is -2.59. The second kappa shape index (κ2) is 5.74. The van der Waals surface area contributed by atoms with Crippen molar-refractivity contribution in [2.75, 3.05) is 7.11 Å². The summed E-state index contributed by atoms with van der Waals surface area (Å²) in [7, 11) is 1.34. The van der Waals surface area contributed by atoms with Gasteiger partial charge in [0.2, 0.25) is 0 Å². The average molecular weight is 250 g/mol. The molecule has 3 N–H and O–H groups in total. The fourth-order valence-electron chi connectivity index (χ4n) is 1.68. The van der Waals surface area contributed by atoms with Crippen LogP contribution in [0.1, 0.15) is 13.8 Å². The van der Waals surface area contributed by atoms with Crippen LogP contribution in [0.2, 0.25) is 0 Å². The Morgan fingerprint density at radius 1 is 1.35 bits per heavy atom. The molecule has 1 heterocycles. The fourth-order valence-corrected chi connectivity index (χ4v) is 1.68. The van der Waals surface area contributed by atoms with Gasteiger partial charge in [-0.1, -0.05) is 0 Å². The highest BCUT2D eigenvalue weighted by molar-refractivity contribution is 5.71.